The van der Waals surface area contributed by atoms with Crippen LogP contribution in [-0.2, 0) is 5.41 Å². The van der Waals surface area contributed by atoms with E-state index >= 15 is 0 Å². The minimum atomic E-state index is -0.425. The second-order valence-corrected chi connectivity index (χ2v) is 5.03. The Morgan fingerprint density at radius 1 is 1.33 bits per heavy atom. The van der Waals surface area contributed by atoms with Crippen LogP contribution in [0, 0.1) is 17.0 Å². The van der Waals surface area contributed by atoms with Crippen LogP contribution >= 0.6 is 11.6 Å². The number of hydrogen-bond acceptors (Lipinski definition) is 2. The lowest BCUT2D eigenvalue weighted by Gasteiger charge is -2.22. The van der Waals surface area contributed by atoms with Gasteiger partial charge in [-0.3, -0.25) is 10.1 Å². The van der Waals surface area contributed by atoms with Crippen molar-refractivity contribution in [2.24, 2.45) is 0 Å². The molecule has 0 aliphatic rings. The maximum atomic E-state index is 10.6. The minimum Gasteiger partial charge on any atom is -0.258 e. The van der Waals surface area contributed by atoms with Crippen LogP contribution in [0.5, 0.6) is 0 Å². The average molecular weight is 228 g/mol. The third kappa shape index (κ3) is 2.48. The first-order valence-electron chi connectivity index (χ1n) is 4.68. The molecule has 0 atom stereocenters. The molecular formula is C11H14ClNO2. The predicted octanol–water partition coefficient (Wildman–Crippen LogP) is 3.85. The Kier molecular flexibility index (Phi) is 3.05. The van der Waals surface area contributed by atoms with E-state index in [1.165, 1.54) is 6.07 Å². The topological polar surface area (TPSA) is 43.1 Å². The van der Waals surface area contributed by atoms with Crippen molar-refractivity contribution < 1.29 is 4.92 Å². The van der Waals surface area contributed by atoms with Gasteiger partial charge in [0.05, 0.1) is 9.95 Å². The Morgan fingerprint density at radius 3 is 2.20 bits per heavy atom. The molecule has 0 heterocycles. The van der Waals surface area contributed by atoms with Gasteiger partial charge in [-0.15, -0.1) is 0 Å². The Labute approximate surface area is 94.2 Å². The molecule has 0 radical (unpaired) electrons. The number of nitrogens with zero attached hydrogens (tertiary/aromatic N) is 1. The summed E-state index contributed by atoms with van der Waals surface area (Å²) >= 11 is 6.06. The van der Waals surface area contributed by atoms with Crippen LogP contribution in [0.25, 0.3) is 0 Å². The molecule has 0 saturated heterocycles. The van der Waals surface area contributed by atoms with Gasteiger partial charge >= 0.3 is 0 Å². The molecule has 3 nitrogen and oxygen atoms in total. The first kappa shape index (κ1) is 12.0. The fraction of sp³-hybridized carbons (Fsp3) is 0.455. The second kappa shape index (κ2) is 3.81. The van der Waals surface area contributed by atoms with Gasteiger partial charge in [0.15, 0.2) is 0 Å². The van der Waals surface area contributed by atoms with Crippen molar-refractivity contribution in [1.82, 2.24) is 0 Å². The monoisotopic (exact) mass is 227 g/mol. The van der Waals surface area contributed by atoms with Crippen LogP contribution in [-0.4, -0.2) is 4.92 Å². The van der Waals surface area contributed by atoms with Gasteiger partial charge in [0, 0.05) is 12.1 Å². The summed E-state index contributed by atoms with van der Waals surface area (Å²) < 4.78 is 0. The van der Waals surface area contributed by atoms with Crippen molar-refractivity contribution in [3.05, 3.63) is 38.4 Å². The van der Waals surface area contributed by atoms with Gasteiger partial charge in [-0.05, 0) is 23.5 Å². The fourth-order valence-corrected chi connectivity index (χ4v) is 2.33. The second-order valence-electron chi connectivity index (χ2n) is 4.63. The van der Waals surface area contributed by atoms with Crippen molar-refractivity contribution in [2.75, 3.05) is 0 Å². The SMILES string of the molecule is Cc1cc([N+](=O)[O-])cc(Cl)c1C(C)(C)C. The summed E-state index contributed by atoms with van der Waals surface area (Å²) in [7, 11) is 0. The number of halogens is 1. The molecule has 1 aromatic carbocycles. The summed E-state index contributed by atoms with van der Waals surface area (Å²) in [6.45, 7) is 7.95. The highest BCUT2D eigenvalue weighted by atomic mass is 35.5. The highest BCUT2D eigenvalue weighted by Gasteiger charge is 2.22. The molecule has 0 N–H and O–H groups in total. The van der Waals surface area contributed by atoms with Gasteiger partial charge in [-0.25, -0.2) is 0 Å². The van der Waals surface area contributed by atoms with E-state index in [-0.39, 0.29) is 11.1 Å². The first-order chi connectivity index (χ1) is 6.73. The summed E-state index contributed by atoms with van der Waals surface area (Å²) in [5.74, 6) is 0. The van der Waals surface area contributed by atoms with E-state index in [1.54, 1.807) is 6.07 Å². The number of nitro groups is 1. The van der Waals surface area contributed by atoms with Crippen molar-refractivity contribution in [3.8, 4) is 0 Å². The molecular weight excluding hydrogens is 214 g/mol. The van der Waals surface area contributed by atoms with E-state index in [9.17, 15) is 10.1 Å². The van der Waals surface area contributed by atoms with Gasteiger partial charge in [-0.2, -0.15) is 0 Å². The van der Waals surface area contributed by atoms with Crippen molar-refractivity contribution in [2.45, 2.75) is 33.1 Å². The van der Waals surface area contributed by atoms with Crippen LogP contribution in [0.15, 0.2) is 12.1 Å². The average Bonchev–Trinajstić information content (AvgIpc) is 1.99. The third-order valence-corrected chi connectivity index (χ3v) is 2.53. The fourth-order valence-electron chi connectivity index (χ4n) is 1.78. The molecule has 15 heavy (non-hydrogen) atoms. The predicted molar refractivity (Wildman–Crippen MR) is 61.5 cm³/mol. The van der Waals surface area contributed by atoms with Gasteiger partial charge in [0.25, 0.3) is 5.69 Å². The highest BCUT2D eigenvalue weighted by molar-refractivity contribution is 6.31. The Morgan fingerprint density at radius 2 is 1.87 bits per heavy atom. The zero-order valence-corrected chi connectivity index (χ0v) is 10.1. The molecule has 0 fully saturated rings. The molecule has 0 aliphatic carbocycles. The van der Waals surface area contributed by atoms with Crippen LogP contribution in [0.1, 0.15) is 31.9 Å². The van der Waals surface area contributed by atoms with E-state index < -0.39 is 4.92 Å². The van der Waals surface area contributed by atoms with E-state index in [0.717, 1.165) is 11.1 Å². The van der Waals surface area contributed by atoms with Gasteiger partial charge in [-0.1, -0.05) is 32.4 Å². The number of hydrogen-bond donors (Lipinski definition) is 0. The molecule has 0 aliphatic heterocycles. The third-order valence-electron chi connectivity index (χ3n) is 2.23. The largest absolute Gasteiger partial charge is 0.271 e. The van der Waals surface area contributed by atoms with Gasteiger partial charge < -0.3 is 0 Å². The molecule has 1 rings (SSSR count). The molecule has 4 heteroatoms. The molecule has 0 unspecified atom stereocenters. The number of benzene rings is 1. The van der Waals surface area contributed by atoms with Crippen LogP contribution in [0.2, 0.25) is 5.02 Å². The molecule has 0 aromatic heterocycles. The van der Waals surface area contributed by atoms with E-state index in [1.807, 2.05) is 27.7 Å². The lowest BCUT2D eigenvalue weighted by molar-refractivity contribution is -0.384. The van der Waals surface area contributed by atoms with Crippen LogP contribution < -0.4 is 0 Å². The molecule has 0 bridgehead atoms. The lowest BCUT2D eigenvalue weighted by atomic mass is 9.84. The van der Waals surface area contributed by atoms with E-state index in [0.29, 0.717) is 5.02 Å². The number of nitro benzene ring substituents is 1. The van der Waals surface area contributed by atoms with E-state index in [4.69, 9.17) is 11.6 Å². The highest BCUT2D eigenvalue weighted by Crippen LogP contribution is 2.35. The Bertz CT molecular complexity index is 385. The Hall–Kier alpha value is -1.09. The van der Waals surface area contributed by atoms with Gasteiger partial charge in [0.2, 0.25) is 0 Å². The summed E-state index contributed by atoms with van der Waals surface area (Å²) in [6, 6.07) is 2.97. The van der Waals surface area contributed by atoms with Crippen molar-refractivity contribution in [3.63, 3.8) is 0 Å². The zero-order chi connectivity index (χ0) is 11.8. The number of non-ortho nitro benzene ring substituents is 1. The quantitative estimate of drug-likeness (QED) is 0.540. The molecule has 1 aromatic rings. The van der Waals surface area contributed by atoms with Crippen LogP contribution in [0.3, 0.4) is 0 Å². The van der Waals surface area contributed by atoms with Crippen molar-refractivity contribution in [1.29, 1.82) is 0 Å². The first-order valence-corrected chi connectivity index (χ1v) is 5.06. The van der Waals surface area contributed by atoms with Crippen molar-refractivity contribution >= 4 is 17.3 Å². The van der Waals surface area contributed by atoms with E-state index in [2.05, 4.69) is 0 Å². The molecule has 0 spiro atoms. The molecule has 0 amide bonds. The minimum absolute atomic E-state index is 0.0468. The zero-order valence-electron chi connectivity index (χ0n) is 9.30. The maximum absolute atomic E-state index is 10.6. The summed E-state index contributed by atoms with van der Waals surface area (Å²) in [6.07, 6.45) is 0. The number of aryl methyl sites for hydroxylation is 1. The lowest BCUT2D eigenvalue weighted by Crippen LogP contribution is -2.14. The number of rotatable bonds is 1. The summed E-state index contributed by atoms with van der Waals surface area (Å²) in [5.41, 5.74) is 1.78. The standard InChI is InChI=1S/C11H14ClNO2/c1-7-5-8(13(14)15)6-9(12)10(7)11(2,3)4/h5-6H,1-4H3. The maximum Gasteiger partial charge on any atom is 0.271 e. The summed E-state index contributed by atoms with van der Waals surface area (Å²) in [5, 5.41) is 11.1. The van der Waals surface area contributed by atoms with Crippen LogP contribution in [0.4, 0.5) is 5.69 Å². The normalized spacial score (nSPS) is 11.5. The molecule has 0 saturated carbocycles. The van der Waals surface area contributed by atoms with Gasteiger partial charge in [0.1, 0.15) is 0 Å². The Balaban J connectivity index is 3.41. The summed E-state index contributed by atoms with van der Waals surface area (Å²) in [4.78, 5) is 10.2. The molecule has 82 valence electrons. The smallest absolute Gasteiger partial charge is 0.258 e.